The second kappa shape index (κ2) is 9.21. The van der Waals surface area contributed by atoms with Crippen LogP contribution >= 0.6 is 23.2 Å². The standard InChI is InChI=1S/C20H16Cl2F2N4O7S/c21-12-6-10(28-18(31)25-17(30)14(26-28)16(23)24)7-13(22)15(12)35-20(32)8-19(20,9-29)27-36(33,34)11-4-2-1-3-5-11/h1-7,16,27,29,32H,8-9H2,(H,25,30,31). The Bertz CT molecular complexity index is 1530. The molecule has 4 rings (SSSR count). The van der Waals surface area contributed by atoms with Crippen LogP contribution in [0.15, 0.2) is 56.9 Å². The summed E-state index contributed by atoms with van der Waals surface area (Å²) in [5.74, 6) is -2.63. The highest BCUT2D eigenvalue weighted by atomic mass is 35.5. The van der Waals surface area contributed by atoms with Gasteiger partial charge in [0.25, 0.3) is 12.0 Å². The zero-order chi connectivity index (χ0) is 26.5. The van der Waals surface area contributed by atoms with Gasteiger partial charge >= 0.3 is 5.69 Å². The van der Waals surface area contributed by atoms with Crippen molar-refractivity contribution in [3.05, 3.63) is 79.0 Å². The number of nitrogens with zero attached hydrogens (tertiary/aromatic N) is 2. The Morgan fingerprint density at radius 3 is 2.36 bits per heavy atom. The topological polar surface area (TPSA) is 164 Å². The number of aromatic nitrogens is 3. The summed E-state index contributed by atoms with van der Waals surface area (Å²) in [5, 5.41) is 23.4. The second-order valence-corrected chi connectivity index (χ2v) is 10.3. The lowest BCUT2D eigenvalue weighted by Crippen LogP contribution is -2.48. The van der Waals surface area contributed by atoms with E-state index in [4.69, 9.17) is 27.9 Å². The van der Waals surface area contributed by atoms with Gasteiger partial charge in [-0.1, -0.05) is 41.4 Å². The number of sulfonamides is 1. The summed E-state index contributed by atoms with van der Waals surface area (Å²) < 4.78 is 59.6. The number of benzene rings is 2. The SMILES string of the molecule is O=c1[nH]c(=O)n(-c2cc(Cl)c(OC3(O)CC3(CO)NS(=O)(=O)c3ccccc3)c(Cl)c2)nc1C(F)F. The zero-order valence-corrected chi connectivity index (χ0v) is 20.1. The van der Waals surface area contributed by atoms with E-state index < -0.39 is 51.3 Å². The van der Waals surface area contributed by atoms with E-state index in [1.165, 1.54) is 24.3 Å². The van der Waals surface area contributed by atoms with Gasteiger partial charge in [0.15, 0.2) is 11.4 Å². The van der Waals surface area contributed by atoms with E-state index in [2.05, 4.69) is 9.82 Å². The van der Waals surface area contributed by atoms with Crippen LogP contribution in [0.5, 0.6) is 5.75 Å². The lowest BCUT2D eigenvalue weighted by Gasteiger charge is -2.23. The number of hydrogen-bond donors (Lipinski definition) is 4. The Kier molecular flexibility index (Phi) is 6.70. The van der Waals surface area contributed by atoms with Gasteiger partial charge in [-0.05, 0) is 24.3 Å². The van der Waals surface area contributed by atoms with Gasteiger partial charge in [-0.15, -0.1) is 0 Å². The van der Waals surface area contributed by atoms with Crippen LogP contribution in [-0.4, -0.2) is 51.3 Å². The van der Waals surface area contributed by atoms with Crippen molar-refractivity contribution in [2.45, 2.75) is 29.1 Å². The Hall–Kier alpha value is -2.88. The highest BCUT2D eigenvalue weighted by Gasteiger charge is 2.72. The predicted molar refractivity (Wildman–Crippen MR) is 122 cm³/mol. The monoisotopic (exact) mass is 564 g/mol. The lowest BCUT2D eigenvalue weighted by atomic mass is 10.2. The molecule has 16 heteroatoms. The Labute approximate surface area is 210 Å². The van der Waals surface area contributed by atoms with Crippen LogP contribution in [0.3, 0.4) is 0 Å². The van der Waals surface area contributed by atoms with Crippen LogP contribution in [0.2, 0.25) is 10.0 Å². The predicted octanol–water partition coefficient (Wildman–Crippen LogP) is 1.35. The fraction of sp³-hybridized carbons (Fsp3) is 0.250. The highest BCUT2D eigenvalue weighted by molar-refractivity contribution is 7.89. The molecule has 36 heavy (non-hydrogen) atoms. The van der Waals surface area contributed by atoms with Crippen molar-refractivity contribution < 1.29 is 32.1 Å². The number of ether oxygens (including phenoxy) is 1. The maximum absolute atomic E-state index is 13.0. The Balaban J connectivity index is 1.65. The minimum Gasteiger partial charge on any atom is -0.457 e. The molecule has 1 aromatic heterocycles. The molecule has 1 aliphatic carbocycles. The first-order valence-electron chi connectivity index (χ1n) is 9.95. The average molecular weight is 565 g/mol. The molecule has 0 saturated heterocycles. The van der Waals surface area contributed by atoms with Crippen molar-refractivity contribution >= 4 is 33.2 Å². The minimum absolute atomic E-state index is 0.116. The summed E-state index contributed by atoms with van der Waals surface area (Å²) in [6.07, 6.45) is -3.65. The second-order valence-electron chi connectivity index (χ2n) is 7.82. The molecule has 2 unspecified atom stereocenters. The summed E-state index contributed by atoms with van der Waals surface area (Å²) >= 11 is 12.4. The number of halogens is 4. The van der Waals surface area contributed by atoms with E-state index >= 15 is 0 Å². The first kappa shape index (κ1) is 26.2. The molecule has 0 spiro atoms. The number of nitrogens with one attached hydrogen (secondary N) is 2. The molecule has 1 heterocycles. The van der Waals surface area contributed by atoms with Crippen LogP contribution in [-0.2, 0) is 10.0 Å². The van der Waals surface area contributed by atoms with E-state index in [-0.39, 0.29) is 32.8 Å². The van der Waals surface area contributed by atoms with Gasteiger partial charge in [-0.25, -0.2) is 22.0 Å². The number of aliphatic hydroxyl groups is 2. The fourth-order valence-electron chi connectivity index (χ4n) is 3.41. The molecule has 3 aromatic rings. The van der Waals surface area contributed by atoms with E-state index in [0.717, 1.165) is 12.1 Å². The zero-order valence-electron chi connectivity index (χ0n) is 17.8. The summed E-state index contributed by atoms with van der Waals surface area (Å²) in [5.41, 5.74) is -5.79. The van der Waals surface area contributed by atoms with Crippen molar-refractivity contribution in [2.75, 3.05) is 6.61 Å². The van der Waals surface area contributed by atoms with Gasteiger partial charge in [0.2, 0.25) is 15.8 Å². The van der Waals surface area contributed by atoms with E-state index in [1.807, 2.05) is 0 Å². The molecule has 192 valence electrons. The van der Waals surface area contributed by atoms with Gasteiger partial charge in [-0.3, -0.25) is 9.78 Å². The smallest absolute Gasteiger partial charge is 0.349 e. The van der Waals surface area contributed by atoms with Gasteiger partial charge in [0.05, 0.1) is 27.2 Å². The number of rotatable bonds is 8. The van der Waals surface area contributed by atoms with E-state index in [9.17, 15) is 37.0 Å². The third kappa shape index (κ3) is 4.63. The summed E-state index contributed by atoms with van der Waals surface area (Å²) in [6, 6.07) is 9.28. The third-order valence-corrected chi connectivity index (χ3v) is 7.49. The number of hydrogen-bond acceptors (Lipinski definition) is 8. The maximum Gasteiger partial charge on any atom is 0.349 e. The molecule has 0 amide bonds. The molecule has 2 aromatic carbocycles. The molecule has 1 saturated carbocycles. The average Bonchev–Trinajstić information content (AvgIpc) is 3.39. The number of aliphatic hydroxyl groups excluding tert-OH is 1. The summed E-state index contributed by atoms with van der Waals surface area (Å²) in [6.45, 7) is -0.851. The third-order valence-electron chi connectivity index (χ3n) is 5.38. The van der Waals surface area contributed by atoms with Gasteiger partial charge in [0, 0.05) is 6.42 Å². The van der Waals surface area contributed by atoms with E-state index in [0.29, 0.717) is 4.68 Å². The molecule has 1 aliphatic rings. The van der Waals surface area contributed by atoms with Gasteiger partial charge in [0.1, 0.15) is 5.54 Å². The Morgan fingerprint density at radius 1 is 1.19 bits per heavy atom. The maximum atomic E-state index is 13.0. The number of H-pyrrole nitrogens is 1. The molecular weight excluding hydrogens is 549 g/mol. The van der Waals surface area contributed by atoms with Crippen LogP contribution < -0.4 is 20.7 Å². The van der Waals surface area contributed by atoms with Crippen molar-refractivity contribution in [1.29, 1.82) is 0 Å². The van der Waals surface area contributed by atoms with Gasteiger partial charge in [-0.2, -0.15) is 14.5 Å². The summed E-state index contributed by atoms with van der Waals surface area (Å²) in [7, 11) is -4.17. The minimum atomic E-state index is -4.17. The molecular formula is C20H16Cl2F2N4O7S. The lowest BCUT2D eigenvalue weighted by molar-refractivity contribution is -0.0736. The largest absolute Gasteiger partial charge is 0.457 e. The van der Waals surface area contributed by atoms with Crippen LogP contribution in [0.4, 0.5) is 8.78 Å². The van der Waals surface area contributed by atoms with Crippen molar-refractivity contribution in [2.24, 2.45) is 0 Å². The normalized spacial score (nSPS) is 21.5. The molecule has 2 atom stereocenters. The molecule has 0 radical (unpaired) electrons. The van der Waals surface area contributed by atoms with Crippen LogP contribution in [0, 0.1) is 0 Å². The molecule has 1 fully saturated rings. The number of aromatic amines is 1. The van der Waals surface area contributed by atoms with Crippen molar-refractivity contribution in [3.63, 3.8) is 0 Å². The highest BCUT2D eigenvalue weighted by Crippen LogP contribution is 2.51. The van der Waals surface area contributed by atoms with Crippen molar-refractivity contribution in [1.82, 2.24) is 19.5 Å². The van der Waals surface area contributed by atoms with Gasteiger partial charge < -0.3 is 14.9 Å². The molecule has 0 bridgehead atoms. The Morgan fingerprint density at radius 2 is 1.81 bits per heavy atom. The van der Waals surface area contributed by atoms with E-state index in [1.54, 1.807) is 11.1 Å². The molecule has 0 aliphatic heterocycles. The quantitative estimate of drug-likeness (QED) is 0.298. The summed E-state index contributed by atoms with van der Waals surface area (Å²) in [4.78, 5) is 25.2. The first-order valence-corrected chi connectivity index (χ1v) is 12.2. The number of alkyl halides is 2. The van der Waals surface area contributed by atoms with Crippen LogP contribution in [0.1, 0.15) is 18.5 Å². The molecule has 4 N–H and O–H groups in total. The van der Waals surface area contributed by atoms with Crippen LogP contribution in [0.25, 0.3) is 5.69 Å². The van der Waals surface area contributed by atoms with Crippen molar-refractivity contribution in [3.8, 4) is 11.4 Å². The first-order chi connectivity index (χ1) is 16.8. The molecule has 11 nitrogen and oxygen atoms in total. The fourth-order valence-corrected chi connectivity index (χ4v) is 5.40.